The Balaban J connectivity index is 5.27. The third-order valence-corrected chi connectivity index (χ3v) is 3.30. The van der Waals surface area contributed by atoms with Crippen LogP contribution in [0.1, 0.15) is 40.0 Å². The van der Waals surface area contributed by atoms with E-state index in [1.165, 1.54) is 26.0 Å². The van der Waals surface area contributed by atoms with Crippen molar-refractivity contribution in [2.75, 3.05) is 0 Å². The van der Waals surface area contributed by atoms with E-state index in [2.05, 4.69) is 0 Å². The van der Waals surface area contributed by atoms with Crippen LogP contribution in [0.2, 0.25) is 0 Å². The molecule has 0 aromatic rings. The van der Waals surface area contributed by atoms with Gasteiger partial charge in [0, 0.05) is 35.3 Å². The molecule has 0 spiro atoms. The average Bonchev–Trinajstić information content (AvgIpc) is 2.37. The predicted octanol–water partition coefficient (Wildman–Crippen LogP) is 2.25. The molecule has 7 nitrogen and oxygen atoms in total. The molecular weight excluding hydrogens is 266 g/mol. The molecule has 0 aliphatic rings. The Labute approximate surface area is 116 Å². The van der Waals surface area contributed by atoms with Crippen LogP contribution in [-0.4, -0.2) is 32.6 Å². The molecule has 0 saturated heterocycles. The fourth-order valence-electron chi connectivity index (χ4n) is 1.51. The topological polar surface area (TPSA) is 118 Å². The van der Waals surface area contributed by atoms with Crippen molar-refractivity contribution in [3.8, 4) is 0 Å². The highest BCUT2D eigenvalue weighted by Gasteiger charge is 2.39. The SMILES string of the molecule is CCC(CC=C(C)C(=O)O)(CC=C(C)C(=O)O)[N+](=O)[O-]. The van der Waals surface area contributed by atoms with Crippen LogP contribution in [0.3, 0.4) is 0 Å². The first-order chi connectivity index (χ1) is 9.16. The van der Waals surface area contributed by atoms with Crippen LogP contribution in [0.4, 0.5) is 0 Å². The first kappa shape index (κ1) is 17.8. The van der Waals surface area contributed by atoms with Crippen molar-refractivity contribution in [2.24, 2.45) is 0 Å². The Morgan fingerprint density at radius 1 is 1.10 bits per heavy atom. The Hall–Kier alpha value is -2.18. The summed E-state index contributed by atoms with van der Waals surface area (Å²) < 4.78 is 0. The molecule has 0 heterocycles. The summed E-state index contributed by atoms with van der Waals surface area (Å²) in [5.41, 5.74) is -1.32. The number of nitro groups is 1. The van der Waals surface area contributed by atoms with Crippen molar-refractivity contribution in [1.29, 1.82) is 0 Å². The summed E-state index contributed by atoms with van der Waals surface area (Å²) in [6.45, 7) is 4.35. The van der Waals surface area contributed by atoms with Crippen molar-refractivity contribution < 1.29 is 24.7 Å². The van der Waals surface area contributed by atoms with Crippen molar-refractivity contribution in [1.82, 2.24) is 0 Å². The van der Waals surface area contributed by atoms with E-state index in [9.17, 15) is 19.7 Å². The molecule has 0 aromatic carbocycles. The molecule has 2 N–H and O–H groups in total. The van der Waals surface area contributed by atoms with Crippen molar-refractivity contribution in [2.45, 2.75) is 45.6 Å². The lowest BCUT2D eigenvalue weighted by Crippen LogP contribution is -2.37. The van der Waals surface area contributed by atoms with Gasteiger partial charge in [-0.1, -0.05) is 19.1 Å². The van der Waals surface area contributed by atoms with Gasteiger partial charge in [-0.25, -0.2) is 9.59 Å². The first-order valence-electron chi connectivity index (χ1n) is 6.11. The highest BCUT2D eigenvalue weighted by Crippen LogP contribution is 2.26. The third kappa shape index (κ3) is 4.83. The number of carboxylic acid groups (broad SMARTS) is 2. The molecule has 0 saturated carbocycles. The summed E-state index contributed by atoms with van der Waals surface area (Å²) in [5.74, 6) is -2.26. The fraction of sp³-hybridized carbons (Fsp3) is 0.538. The second kappa shape index (κ2) is 7.42. The van der Waals surface area contributed by atoms with Gasteiger partial charge in [-0.3, -0.25) is 10.1 Å². The van der Waals surface area contributed by atoms with E-state index in [0.717, 1.165) is 0 Å². The minimum atomic E-state index is -1.38. The van der Waals surface area contributed by atoms with Gasteiger partial charge in [0.15, 0.2) is 0 Å². The Bertz CT molecular complexity index is 431. The van der Waals surface area contributed by atoms with E-state index in [1.54, 1.807) is 6.92 Å². The quantitative estimate of drug-likeness (QED) is 0.401. The second-order valence-corrected chi connectivity index (χ2v) is 4.63. The van der Waals surface area contributed by atoms with Crippen LogP contribution in [0.15, 0.2) is 23.3 Å². The summed E-state index contributed by atoms with van der Waals surface area (Å²) in [7, 11) is 0. The van der Waals surface area contributed by atoms with E-state index < -0.39 is 22.4 Å². The number of hydrogen-bond donors (Lipinski definition) is 2. The van der Waals surface area contributed by atoms with Gasteiger partial charge in [-0.15, -0.1) is 0 Å². The predicted molar refractivity (Wildman–Crippen MR) is 72.0 cm³/mol. The molecule has 7 heteroatoms. The molecule has 0 radical (unpaired) electrons. The van der Waals surface area contributed by atoms with Gasteiger partial charge in [0.25, 0.3) is 0 Å². The summed E-state index contributed by atoms with van der Waals surface area (Å²) >= 11 is 0. The van der Waals surface area contributed by atoms with Crippen LogP contribution < -0.4 is 0 Å². The Morgan fingerprint density at radius 2 is 1.45 bits per heavy atom. The maximum absolute atomic E-state index is 11.3. The van der Waals surface area contributed by atoms with E-state index in [4.69, 9.17) is 10.2 Å². The van der Waals surface area contributed by atoms with Crippen LogP contribution in [0, 0.1) is 10.1 Å². The molecule has 112 valence electrons. The monoisotopic (exact) mass is 285 g/mol. The molecule has 0 atom stereocenters. The molecule has 0 aliphatic heterocycles. The molecular formula is C13H19NO6. The van der Waals surface area contributed by atoms with E-state index >= 15 is 0 Å². The zero-order chi connectivity index (χ0) is 15.9. The van der Waals surface area contributed by atoms with Crippen LogP contribution in [-0.2, 0) is 9.59 Å². The van der Waals surface area contributed by atoms with Crippen LogP contribution in [0.5, 0.6) is 0 Å². The number of carbonyl (C=O) groups is 2. The maximum atomic E-state index is 11.3. The number of nitrogens with zero attached hydrogens (tertiary/aromatic N) is 1. The normalized spacial score (nSPS) is 15.6. The van der Waals surface area contributed by atoms with Crippen molar-refractivity contribution in [3.05, 3.63) is 33.4 Å². The van der Waals surface area contributed by atoms with Crippen LogP contribution >= 0.6 is 0 Å². The maximum Gasteiger partial charge on any atom is 0.330 e. The van der Waals surface area contributed by atoms with Crippen molar-refractivity contribution >= 4 is 11.9 Å². The first-order valence-corrected chi connectivity index (χ1v) is 6.11. The van der Waals surface area contributed by atoms with E-state index in [1.807, 2.05) is 0 Å². The summed E-state index contributed by atoms with van der Waals surface area (Å²) in [6.07, 6.45) is 2.67. The zero-order valence-electron chi connectivity index (χ0n) is 11.8. The molecule has 0 rings (SSSR count). The van der Waals surface area contributed by atoms with Gasteiger partial charge in [0.2, 0.25) is 5.54 Å². The van der Waals surface area contributed by atoms with Gasteiger partial charge >= 0.3 is 11.9 Å². The second-order valence-electron chi connectivity index (χ2n) is 4.63. The Morgan fingerprint density at radius 3 is 1.65 bits per heavy atom. The van der Waals surface area contributed by atoms with Gasteiger partial charge in [-0.2, -0.15) is 0 Å². The standard InChI is InChI=1S/C13H19NO6/c1-4-13(14(19)20,7-5-9(2)11(15)16)8-6-10(3)12(17)18/h5-6H,4,7-8H2,1-3H3,(H,15,16)(H,17,18). The minimum Gasteiger partial charge on any atom is -0.478 e. The summed E-state index contributed by atoms with van der Waals surface area (Å²) in [5, 5.41) is 28.8. The average molecular weight is 285 g/mol. The fourth-order valence-corrected chi connectivity index (χ4v) is 1.51. The lowest BCUT2D eigenvalue weighted by atomic mass is 9.87. The number of aliphatic carboxylic acids is 2. The third-order valence-electron chi connectivity index (χ3n) is 3.30. The molecule has 0 unspecified atom stereocenters. The van der Waals surface area contributed by atoms with E-state index in [-0.39, 0.29) is 30.4 Å². The summed E-state index contributed by atoms with van der Waals surface area (Å²) in [4.78, 5) is 32.2. The number of rotatable bonds is 8. The minimum absolute atomic E-state index is 0.0311. The highest BCUT2D eigenvalue weighted by molar-refractivity contribution is 5.86. The lowest BCUT2D eigenvalue weighted by Gasteiger charge is -2.21. The molecule has 0 bridgehead atoms. The van der Waals surface area contributed by atoms with Crippen LogP contribution in [0.25, 0.3) is 0 Å². The molecule has 0 amide bonds. The molecule has 0 aliphatic carbocycles. The van der Waals surface area contributed by atoms with E-state index in [0.29, 0.717) is 0 Å². The zero-order valence-corrected chi connectivity index (χ0v) is 11.8. The number of hydrogen-bond acceptors (Lipinski definition) is 4. The smallest absolute Gasteiger partial charge is 0.330 e. The van der Waals surface area contributed by atoms with Gasteiger partial charge in [0.1, 0.15) is 0 Å². The Kier molecular flexibility index (Phi) is 6.61. The molecule has 20 heavy (non-hydrogen) atoms. The van der Waals surface area contributed by atoms with Gasteiger partial charge in [0.05, 0.1) is 0 Å². The molecule has 0 aromatic heterocycles. The molecule has 0 fully saturated rings. The van der Waals surface area contributed by atoms with Gasteiger partial charge < -0.3 is 10.2 Å². The largest absolute Gasteiger partial charge is 0.478 e. The number of carboxylic acids is 2. The van der Waals surface area contributed by atoms with Crippen molar-refractivity contribution in [3.63, 3.8) is 0 Å². The summed E-state index contributed by atoms with van der Waals surface area (Å²) in [6, 6.07) is 0. The van der Waals surface area contributed by atoms with Gasteiger partial charge in [-0.05, 0) is 13.8 Å². The lowest BCUT2D eigenvalue weighted by molar-refractivity contribution is -0.569. The highest BCUT2D eigenvalue weighted by atomic mass is 16.6.